The van der Waals surface area contributed by atoms with Crippen LogP contribution >= 0.6 is 7.82 Å². The zero-order chi connectivity index (χ0) is 52.0. The van der Waals surface area contributed by atoms with E-state index in [4.69, 9.17) is 18.5 Å². The standard InChI is InChI=1S/C61H110NO8P/c1-6-8-10-12-14-16-18-20-22-24-26-28-30-31-32-34-36-38-40-42-44-46-48-50-52-54-61(64)70-59(58-69-71(65,66)68-56-55-62(3,4)5)57-67-60(63)53-51-49-47-45-43-41-39-37-35-33-29-27-25-23-21-19-17-15-13-11-9-7-2/h8,10,14,16,20,22,26,28,31-32,36,38,59H,6-7,9,11-13,15,17-19,21,23-25,27,29-30,33-35,37,39-58H2,1-5H3/b10-8-,16-14-,22-20-,28-26-,32-31-,38-36-. The normalized spacial score (nSPS) is 13.8. The van der Waals surface area contributed by atoms with E-state index in [-0.39, 0.29) is 32.0 Å². The number of ether oxygens (including phenoxy) is 2. The maximum Gasteiger partial charge on any atom is 0.306 e. The second-order valence-corrected chi connectivity index (χ2v) is 22.0. The molecule has 0 radical (unpaired) electrons. The number of phosphoric ester groups is 1. The number of hydrogen-bond donors (Lipinski definition) is 0. The highest BCUT2D eigenvalue weighted by Gasteiger charge is 2.22. The second kappa shape index (κ2) is 52.3. The molecule has 0 heterocycles. The van der Waals surface area contributed by atoms with Gasteiger partial charge in [-0.1, -0.05) is 247 Å². The number of nitrogens with zero attached hydrogens (tertiary/aromatic N) is 1. The molecule has 0 N–H and O–H groups in total. The van der Waals surface area contributed by atoms with E-state index >= 15 is 0 Å². The van der Waals surface area contributed by atoms with Gasteiger partial charge in [0.2, 0.25) is 0 Å². The molecule has 0 spiro atoms. The van der Waals surface area contributed by atoms with Crippen LogP contribution in [-0.2, 0) is 32.7 Å². The number of carbonyl (C=O) groups is 2. The smallest absolute Gasteiger partial charge is 0.306 e. The number of allylic oxidation sites excluding steroid dienone is 12. The van der Waals surface area contributed by atoms with E-state index in [0.29, 0.717) is 17.4 Å². The van der Waals surface area contributed by atoms with Gasteiger partial charge in [0.05, 0.1) is 27.7 Å². The fraction of sp³-hybridized carbons (Fsp3) is 0.770. The van der Waals surface area contributed by atoms with Crippen molar-refractivity contribution in [3.05, 3.63) is 72.9 Å². The van der Waals surface area contributed by atoms with E-state index in [2.05, 4.69) is 86.8 Å². The third kappa shape index (κ3) is 56.6. The number of esters is 2. The van der Waals surface area contributed by atoms with E-state index in [1.165, 1.54) is 122 Å². The highest BCUT2D eigenvalue weighted by molar-refractivity contribution is 7.45. The van der Waals surface area contributed by atoms with Crippen LogP contribution in [0.5, 0.6) is 0 Å². The van der Waals surface area contributed by atoms with E-state index < -0.39 is 26.5 Å². The Morgan fingerprint density at radius 2 is 0.803 bits per heavy atom. The molecule has 2 atom stereocenters. The summed E-state index contributed by atoms with van der Waals surface area (Å²) < 4.78 is 34.2. The summed E-state index contributed by atoms with van der Waals surface area (Å²) >= 11 is 0. The monoisotopic (exact) mass is 1020 g/mol. The maximum atomic E-state index is 12.8. The molecular formula is C61H110NO8P. The van der Waals surface area contributed by atoms with Crippen LogP contribution in [0.2, 0.25) is 0 Å². The third-order valence-electron chi connectivity index (χ3n) is 12.5. The van der Waals surface area contributed by atoms with Crippen molar-refractivity contribution in [1.82, 2.24) is 0 Å². The highest BCUT2D eigenvalue weighted by Crippen LogP contribution is 2.38. The average molecular weight is 1020 g/mol. The molecule has 412 valence electrons. The first kappa shape index (κ1) is 68.5. The molecule has 0 aromatic carbocycles. The minimum absolute atomic E-state index is 0.0359. The van der Waals surface area contributed by atoms with Gasteiger partial charge < -0.3 is 27.9 Å². The largest absolute Gasteiger partial charge is 0.756 e. The first-order valence-electron chi connectivity index (χ1n) is 29.1. The van der Waals surface area contributed by atoms with Crippen LogP contribution in [0.4, 0.5) is 0 Å². The molecular weight excluding hydrogens is 906 g/mol. The molecule has 0 fully saturated rings. The summed E-state index contributed by atoms with van der Waals surface area (Å²) in [6.07, 6.45) is 68.0. The number of carbonyl (C=O) groups excluding carboxylic acids is 2. The summed E-state index contributed by atoms with van der Waals surface area (Å²) in [5.74, 6) is -0.844. The number of rotatable bonds is 53. The lowest BCUT2D eigenvalue weighted by atomic mass is 10.0. The summed E-state index contributed by atoms with van der Waals surface area (Å²) in [5, 5.41) is 0. The molecule has 0 bridgehead atoms. The van der Waals surface area contributed by atoms with Crippen LogP contribution in [0.3, 0.4) is 0 Å². The molecule has 0 aliphatic heterocycles. The van der Waals surface area contributed by atoms with Crippen LogP contribution in [-0.4, -0.2) is 70.0 Å². The first-order valence-corrected chi connectivity index (χ1v) is 30.6. The van der Waals surface area contributed by atoms with E-state index in [0.717, 1.165) is 96.3 Å². The summed E-state index contributed by atoms with van der Waals surface area (Å²) in [5.41, 5.74) is 0. The second-order valence-electron chi connectivity index (χ2n) is 20.6. The van der Waals surface area contributed by atoms with E-state index in [1.807, 2.05) is 21.1 Å². The number of phosphoric acid groups is 1. The highest BCUT2D eigenvalue weighted by atomic mass is 31.2. The zero-order valence-corrected chi connectivity index (χ0v) is 47.6. The Labute approximate surface area is 438 Å². The molecule has 9 nitrogen and oxygen atoms in total. The van der Waals surface area contributed by atoms with Crippen molar-refractivity contribution in [2.75, 3.05) is 47.5 Å². The van der Waals surface area contributed by atoms with Gasteiger partial charge in [-0.15, -0.1) is 0 Å². The van der Waals surface area contributed by atoms with Crippen LogP contribution in [0.25, 0.3) is 0 Å². The van der Waals surface area contributed by atoms with Gasteiger partial charge in [0.25, 0.3) is 7.82 Å². The minimum Gasteiger partial charge on any atom is -0.756 e. The Balaban J connectivity index is 4.21. The van der Waals surface area contributed by atoms with Crippen LogP contribution < -0.4 is 4.89 Å². The number of quaternary nitrogens is 1. The van der Waals surface area contributed by atoms with Crippen molar-refractivity contribution in [3.8, 4) is 0 Å². The summed E-state index contributed by atoms with van der Waals surface area (Å²) in [7, 11) is 1.15. The molecule has 0 saturated heterocycles. The fourth-order valence-electron chi connectivity index (χ4n) is 8.01. The molecule has 0 aliphatic carbocycles. The van der Waals surface area contributed by atoms with Gasteiger partial charge in [0, 0.05) is 12.8 Å². The predicted octanol–water partition coefficient (Wildman–Crippen LogP) is 17.5. The molecule has 10 heteroatoms. The number of unbranched alkanes of at least 4 members (excludes halogenated alkanes) is 27. The molecule has 0 aromatic rings. The van der Waals surface area contributed by atoms with E-state index in [1.54, 1.807) is 0 Å². The van der Waals surface area contributed by atoms with E-state index in [9.17, 15) is 19.0 Å². The topological polar surface area (TPSA) is 111 Å². The molecule has 2 unspecified atom stereocenters. The molecule has 0 aromatic heterocycles. The van der Waals surface area contributed by atoms with Crippen LogP contribution in [0.15, 0.2) is 72.9 Å². The lowest BCUT2D eigenvalue weighted by Gasteiger charge is -2.28. The van der Waals surface area contributed by atoms with Gasteiger partial charge in [-0.05, 0) is 64.2 Å². The van der Waals surface area contributed by atoms with Gasteiger partial charge in [-0.25, -0.2) is 0 Å². The van der Waals surface area contributed by atoms with Gasteiger partial charge in [0.1, 0.15) is 19.8 Å². The third-order valence-corrected chi connectivity index (χ3v) is 13.5. The molecule has 0 amide bonds. The Morgan fingerprint density at radius 1 is 0.451 bits per heavy atom. The maximum absolute atomic E-state index is 12.8. The molecule has 71 heavy (non-hydrogen) atoms. The minimum atomic E-state index is -4.64. The lowest BCUT2D eigenvalue weighted by molar-refractivity contribution is -0.870. The number of likely N-dealkylation sites (N-methyl/N-ethyl adjacent to an activating group) is 1. The first-order chi connectivity index (χ1) is 34.5. The van der Waals surface area contributed by atoms with Gasteiger partial charge in [-0.3, -0.25) is 14.2 Å². The fourth-order valence-corrected chi connectivity index (χ4v) is 8.74. The average Bonchev–Trinajstić information content (AvgIpc) is 3.33. The Kier molecular flexibility index (Phi) is 50.4. The Morgan fingerprint density at radius 3 is 1.20 bits per heavy atom. The van der Waals surface area contributed by atoms with Gasteiger partial charge in [-0.2, -0.15) is 0 Å². The van der Waals surface area contributed by atoms with Crippen molar-refractivity contribution < 1.29 is 42.1 Å². The summed E-state index contributed by atoms with van der Waals surface area (Å²) in [6.45, 7) is 4.13. The van der Waals surface area contributed by atoms with Crippen molar-refractivity contribution in [1.29, 1.82) is 0 Å². The molecule has 0 aliphatic rings. The van der Waals surface area contributed by atoms with Gasteiger partial charge >= 0.3 is 11.9 Å². The van der Waals surface area contributed by atoms with Crippen molar-refractivity contribution in [3.63, 3.8) is 0 Å². The predicted molar refractivity (Wildman–Crippen MR) is 300 cm³/mol. The lowest BCUT2D eigenvalue weighted by Crippen LogP contribution is -2.37. The summed E-state index contributed by atoms with van der Waals surface area (Å²) in [4.78, 5) is 37.9. The zero-order valence-electron chi connectivity index (χ0n) is 46.7. The van der Waals surface area contributed by atoms with Crippen molar-refractivity contribution >= 4 is 19.8 Å². The van der Waals surface area contributed by atoms with Crippen molar-refractivity contribution in [2.45, 2.75) is 258 Å². The Bertz CT molecular complexity index is 1430. The summed E-state index contributed by atoms with van der Waals surface area (Å²) in [6, 6.07) is 0. The quantitative estimate of drug-likeness (QED) is 0.0195. The molecule has 0 rings (SSSR count). The molecule has 0 saturated carbocycles. The van der Waals surface area contributed by atoms with Gasteiger partial charge in [0.15, 0.2) is 6.10 Å². The SMILES string of the molecule is CC/C=C\C/C=C\C/C=C\C/C=C\C/C=C\C/C=C\CCCCCCCCC(=O)OC(COC(=O)CCCCCCCCCCCCCCCCCCCCCCCC)COP(=O)([O-])OCC[N+](C)(C)C. The number of hydrogen-bond acceptors (Lipinski definition) is 8. The Hall–Kier alpha value is -2.55. The van der Waals surface area contributed by atoms with Crippen LogP contribution in [0, 0.1) is 0 Å². The van der Waals surface area contributed by atoms with Crippen LogP contribution in [0.1, 0.15) is 251 Å². The van der Waals surface area contributed by atoms with Crippen molar-refractivity contribution in [2.24, 2.45) is 0 Å².